The van der Waals surface area contributed by atoms with Gasteiger partial charge in [-0.2, -0.15) is 4.68 Å². The highest BCUT2D eigenvalue weighted by Gasteiger charge is 2.30. The average Bonchev–Trinajstić information content (AvgIpc) is 3.09. The van der Waals surface area contributed by atoms with E-state index >= 15 is 0 Å². The third-order valence-corrected chi connectivity index (χ3v) is 5.72. The first-order valence-electron chi connectivity index (χ1n) is 8.92. The van der Waals surface area contributed by atoms with Crippen LogP contribution < -0.4 is 0 Å². The molecule has 0 N–H and O–H groups in total. The zero-order chi connectivity index (χ0) is 17.8. The Labute approximate surface area is 153 Å². The number of benzene rings is 1. The van der Waals surface area contributed by atoms with E-state index in [0.29, 0.717) is 11.2 Å². The SMILES string of the molecule is CCC1CCCCN1C(=O)C(C)Sc1nnnn1-c1cccc(C)c1. The molecule has 2 aromatic rings. The summed E-state index contributed by atoms with van der Waals surface area (Å²) in [7, 11) is 0. The van der Waals surface area contributed by atoms with Crippen LogP contribution in [-0.2, 0) is 4.79 Å². The van der Waals surface area contributed by atoms with Gasteiger partial charge in [0.05, 0.1) is 10.9 Å². The second kappa shape index (κ2) is 7.99. The van der Waals surface area contributed by atoms with Crippen LogP contribution in [0, 0.1) is 6.92 Å². The standard InChI is InChI=1S/C18H25N5OS/c1-4-15-9-5-6-11-22(15)17(24)14(3)25-18-19-20-21-23(18)16-10-7-8-13(2)12-16/h7-8,10,12,14-15H,4-6,9,11H2,1-3H3. The van der Waals surface area contributed by atoms with E-state index in [1.54, 1.807) is 4.68 Å². The zero-order valence-corrected chi connectivity index (χ0v) is 15.9. The summed E-state index contributed by atoms with van der Waals surface area (Å²) in [4.78, 5) is 15.0. The molecular weight excluding hydrogens is 334 g/mol. The number of tetrazole rings is 1. The molecule has 0 aliphatic carbocycles. The summed E-state index contributed by atoms with van der Waals surface area (Å²) in [6, 6.07) is 8.39. The molecule has 0 saturated carbocycles. The fourth-order valence-corrected chi connectivity index (χ4v) is 4.21. The van der Waals surface area contributed by atoms with Gasteiger partial charge in [0.2, 0.25) is 11.1 Å². The number of aryl methyl sites for hydroxylation is 1. The van der Waals surface area contributed by atoms with Crippen molar-refractivity contribution in [3.63, 3.8) is 0 Å². The first kappa shape index (κ1) is 17.9. The van der Waals surface area contributed by atoms with E-state index in [1.807, 2.05) is 38.1 Å². The van der Waals surface area contributed by atoms with E-state index < -0.39 is 0 Å². The van der Waals surface area contributed by atoms with E-state index in [9.17, 15) is 4.79 Å². The van der Waals surface area contributed by atoms with Crippen LogP contribution >= 0.6 is 11.8 Å². The topological polar surface area (TPSA) is 63.9 Å². The highest BCUT2D eigenvalue weighted by Crippen LogP contribution is 2.27. The number of piperidine rings is 1. The fourth-order valence-electron chi connectivity index (χ4n) is 3.33. The van der Waals surface area contributed by atoms with Crippen molar-refractivity contribution in [1.29, 1.82) is 0 Å². The zero-order valence-electron chi connectivity index (χ0n) is 15.1. The number of likely N-dealkylation sites (tertiary alicyclic amines) is 1. The molecule has 134 valence electrons. The summed E-state index contributed by atoms with van der Waals surface area (Å²) in [5.74, 6) is 0.190. The third-order valence-electron chi connectivity index (χ3n) is 4.70. The molecule has 2 unspecified atom stereocenters. The molecule has 0 radical (unpaired) electrons. The van der Waals surface area contributed by atoms with Crippen molar-refractivity contribution in [2.75, 3.05) is 6.54 Å². The van der Waals surface area contributed by atoms with Gasteiger partial charge in [0.15, 0.2) is 0 Å². The average molecular weight is 359 g/mol. The van der Waals surface area contributed by atoms with Crippen molar-refractivity contribution in [2.24, 2.45) is 0 Å². The van der Waals surface area contributed by atoms with Crippen LogP contribution in [0.2, 0.25) is 0 Å². The second-order valence-electron chi connectivity index (χ2n) is 6.56. The Kier molecular flexibility index (Phi) is 5.73. The Balaban J connectivity index is 1.74. The largest absolute Gasteiger partial charge is 0.339 e. The molecule has 3 rings (SSSR count). The summed E-state index contributed by atoms with van der Waals surface area (Å²) in [6.45, 7) is 7.01. The smallest absolute Gasteiger partial charge is 0.236 e. The van der Waals surface area contributed by atoms with E-state index in [0.717, 1.165) is 37.1 Å². The molecule has 2 atom stereocenters. The number of rotatable bonds is 5. The lowest BCUT2D eigenvalue weighted by Gasteiger charge is -2.36. The lowest BCUT2D eigenvalue weighted by Crippen LogP contribution is -2.46. The van der Waals surface area contributed by atoms with E-state index in [2.05, 4.69) is 27.3 Å². The molecule has 1 aromatic carbocycles. The summed E-state index contributed by atoms with van der Waals surface area (Å²) < 4.78 is 1.70. The molecule has 0 bridgehead atoms. The van der Waals surface area contributed by atoms with Gasteiger partial charge in [-0.1, -0.05) is 30.8 Å². The summed E-state index contributed by atoms with van der Waals surface area (Å²) in [5.41, 5.74) is 2.06. The molecule has 1 fully saturated rings. The van der Waals surface area contributed by atoms with Gasteiger partial charge in [-0.25, -0.2) is 0 Å². The number of hydrogen-bond donors (Lipinski definition) is 0. The van der Waals surface area contributed by atoms with Gasteiger partial charge in [0, 0.05) is 12.6 Å². The molecule has 6 nitrogen and oxygen atoms in total. The van der Waals surface area contributed by atoms with Crippen LogP contribution in [0.25, 0.3) is 5.69 Å². The summed E-state index contributed by atoms with van der Waals surface area (Å²) in [6.07, 6.45) is 4.45. The van der Waals surface area contributed by atoms with Crippen molar-refractivity contribution in [3.05, 3.63) is 29.8 Å². The summed E-state index contributed by atoms with van der Waals surface area (Å²) >= 11 is 1.43. The van der Waals surface area contributed by atoms with Crippen molar-refractivity contribution in [2.45, 2.75) is 62.9 Å². The number of amides is 1. The van der Waals surface area contributed by atoms with E-state index in [-0.39, 0.29) is 11.2 Å². The van der Waals surface area contributed by atoms with Crippen molar-refractivity contribution in [3.8, 4) is 5.69 Å². The van der Waals surface area contributed by atoms with Gasteiger partial charge in [-0.05, 0) is 67.7 Å². The molecule has 25 heavy (non-hydrogen) atoms. The molecular formula is C18H25N5OS. The van der Waals surface area contributed by atoms with Crippen LogP contribution in [0.3, 0.4) is 0 Å². The molecule has 1 aliphatic rings. The number of carbonyl (C=O) groups is 1. The molecule has 1 aliphatic heterocycles. The Morgan fingerprint density at radius 3 is 3.00 bits per heavy atom. The maximum absolute atomic E-state index is 12.9. The highest BCUT2D eigenvalue weighted by molar-refractivity contribution is 8.00. The normalized spacial score (nSPS) is 19.0. The monoisotopic (exact) mass is 359 g/mol. The van der Waals surface area contributed by atoms with Gasteiger partial charge in [0.25, 0.3) is 0 Å². The number of carbonyl (C=O) groups excluding carboxylic acids is 1. The van der Waals surface area contributed by atoms with Gasteiger partial charge < -0.3 is 4.90 Å². The Hall–Kier alpha value is -1.89. The van der Waals surface area contributed by atoms with Crippen LogP contribution in [0.1, 0.15) is 45.1 Å². The van der Waals surface area contributed by atoms with Gasteiger partial charge in [-0.15, -0.1) is 5.10 Å². The molecule has 1 amide bonds. The Morgan fingerprint density at radius 1 is 1.40 bits per heavy atom. The Morgan fingerprint density at radius 2 is 2.24 bits per heavy atom. The van der Waals surface area contributed by atoms with Crippen molar-refractivity contribution < 1.29 is 4.79 Å². The lowest BCUT2D eigenvalue weighted by molar-refractivity contribution is -0.134. The number of nitrogens with zero attached hydrogens (tertiary/aromatic N) is 5. The highest BCUT2D eigenvalue weighted by atomic mass is 32.2. The first-order valence-corrected chi connectivity index (χ1v) is 9.80. The lowest BCUT2D eigenvalue weighted by atomic mass is 10.00. The third kappa shape index (κ3) is 4.03. The molecule has 1 saturated heterocycles. The van der Waals surface area contributed by atoms with Crippen LogP contribution in [0.15, 0.2) is 29.4 Å². The van der Waals surface area contributed by atoms with Crippen molar-refractivity contribution >= 4 is 17.7 Å². The summed E-state index contributed by atoms with van der Waals surface area (Å²) in [5, 5.41) is 12.5. The van der Waals surface area contributed by atoms with Gasteiger partial charge >= 0.3 is 0 Å². The van der Waals surface area contributed by atoms with Gasteiger partial charge in [0.1, 0.15) is 0 Å². The quantitative estimate of drug-likeness (QED) is 0.767. The second-order valence-corrected chi connectivity index (χ2v) is 7.87. The number of hydrogen-bond acceptors (Lipinski definition) is 5. The maximum Gasteiger partial charge on any atom is 0.236 e. The number of aromatic nitrogens is 4. The van der Waals surface area contributed by atoms with Crippen molar-refractivity contribution in [1.82, 2.24) is 25.1 Å². The minimum absolute atomic E-state index is 0.190. The van der Waals surface area contributed by atoms with E-state index in [4.69, 9.17) is 0 Å². The molecule has 2 heterocycles. The minimum atomic E-state index is -0.207. The Bertz CT molecular complexity index is 732. The molecule has 1 aromatic heterocycles. The predicted octanol–water partition coefficient (Wildman–Crippen LogP) is 3.24. The van der Waals surface area contributed by atoms with Crippen LogP contribution in [0.4, 0.5) is 0 Å². The van der Waals surface area contributed by atoms with Crippen LogP contribution in [0.5, 0.6) is 0 Å². The fraction of sp³-hybridized carbons (Fsp3) is 0.556. The molecule has 0 spiro atoms. The van der Waals surface area contributed by atoms with E-state index in [1.165, 1.54) is 18.2 Å². The predicted molar refractivity (Wildman–Crippen MR) is 98.9 cm³/mol. The maximum atomic E-state index is 12.9. The number of thioether (sulfide) groups is 1. The first-order chi connectivity index (χ1) is 12.1. The van der Waals surface area contributed by atoms with Gasteiger partial charge in [-0.3, -0.25) is 4.79 Å². The van der Waals surface area contributed by atoms with Crippen LogP contribution in [-0.4, -0.2) is 48.9 Å². The molecule has 7 heteroatoms. The minimum Gasteiger partial charge on any atom is -0.339 e.